The lowest BCUT2D eigenvalue weighted by Crippen LogP contribution is -2.57. The maximum atomic E-state index is 12.6. The van der Waals surface area contributed by atoms with Gasteiger partial charge in [0.2, 0.25) is 0 Å². The lowest BCUT2D eigenvalue weighted by Gasteiger charge is -2.27. The van der Waals surface area contributed by atoms with Crippen LogP contribution in [0.1, 0.15) is 26.3 Å². The number of hydrogen-bond acceptors (Lipinski definition) is 4. The van der Waals surface area contributed by atoms with Gasteiger partial charge < -0.3 is 20.5 Å². The Kier molecular flexibility index (Phi) is 4.95. The van der Waals surface area contributed by atoms with Crippen LogP contribution in [0.4, 0.5) is 0 Å². The average molecular weight is 340 g/mol. The zero-order chi connectivity index (χ0) is 17.8. The van der Waals surface area contributed by atoms with Gasteiger partial charge in [-0.25, -0.2) is 0 Å². The number of aromatic nitrogens is 1. The first-order valence-electron chi connectivity index (χ1n) is 8.08. The van der Waals surface area contributed by atoms with Gasteiger partial charge in [-0.05, 0) is 11.6 Å². The molecule has 2 amide bonds. The Bertz CT molecular complexity index is 828. The summed E-state index contributed by atoms with van der Waals surface area (Å²) in [6.45, 7) is 1.82. The standard InChI is InChI=1S/C18H20N4O3/c1-22(11-12-5-3-2-4-6-12)18(25)15-7-13(8-20-17(15)24)16(23)21-14-9-19-10-14/h2-8,14,19H,9-11H2,1H3,(H,20,24)(H,21,23). The minimum Gasteiger partial charge on any atom is -0.347 e. The summed E-state index contributed by atoms with van der Waals surface area (Å²) in [5.41, 5.74) is 0.675. The zero-order valence-electron chi connectivity index (χ0n) is 13.9. The number of carbonyl (C=O) groups is 2. The van der Waals surface area contributed by atoms with Crippen LogP contribution < -0.4 is 16.2 Å². The van der Waals surface area contributed by atoms with Crippen molar-refractivity contribution in [1.82, 2.24) is 20.5 Å². The third-order valence-electron chi connectivity index (χ3n) is 4.12. The quantitative estimate of drug-likeness (QED) is 0.732. The molecule has 2 aromatic rings. The second kappa shape index (κ2) is 7.31. The Hall–Kier alpha value is -2.93. The molecule has 130 valence electrons. The molecule has 1 aromatic heterocycles. The maximum absolute atomic E-state index is 12.6. The molecule has 0 atom stereocenters. The van der Waals surface area contributed by atoms with Crippen LogP contribution in [-0.4, -0.2) is 47.9 Å². The molecule has 3 N–H and O–H groups in total. The second-order valence-corrected chi connectivity index (χ2v) is 6.11. The maximum Gasteiger partial charge on any atom is 0.260 e. The Balaban J connectivity index is 1.75. The highest BCUT2D eigenvalue weighted by Gasteiger charge is 2.22. The van der Waals surface area contributed by atoms with Crippen LogP contribution in [-0.2, 0) is 6.54 Å². The lowest BCUT2D eigenvalue weighted by atomic mass is 10.1. The molecule has 0 radical (unpaired) electrons. The van der Waals surface area contributed by atoms with E-state index in [2.05, 4.69) is 15.6 Å². The van der Waals surface area contributed by atoms with E-state index in [1.807, 2.05) is 30.3 Å². The summed E-state index contributed by atoms with van der Waals surface area (Å²) < 4.78 is 0. The molecule has 1 aromatic carbocycles. The van der Waals surface area contributed by atoms with Crippen molar-refractivity contribution in [3.63, 3.8) is 0 Å². The summed E-state index contributed by atoms with van der Waals surface area (Å²) in [5, 5.41) is 5.90. The van der Waals surface area contributed by atoms with E-state index >= 15 is 0 Å². The van der Waals surface area contributed by atoms with Crippen LogP contribution in [0.25, 0.3) is 0 Å². The second-order valence-electron chi connectivity index (χ2n) is 6.11. The van der Waals surface area contributed by atoms with Crippen molar-refractivity contribution >= 4 is 11.8 Å². The van der Waals surface area contributed by atoms with Gasteiger partial charge in [-0.3, -0.25) is 14.4 Å². The van der Waals surface area contributed by atoms with E-state index in [1.165, 1.54) is 17.2 Å². The zero-order valence-corrected chi connectivity index (χ0v) is 13.9. The molecule has 1 aliphatic rings. The van der Waals surface area contributed by atoms with E-state index in [0.717, 1.165) is 18.7 Å². The van der Waals surface area contributed by atoms with Gasteiger partial charge in [-0.2, -0.15) is 0 Å². The first-order valence-corrected chi connectivity index (χ1v) is 8.08. The lowest BCUT2D eigenvalue weighted by molar-refractivity contribution is 0.0783. The number of H-pyrrole nitrogens is 1. The predicted octanol–water partition coefficient (Wildman–Crippen LogP) is 0.349. The first-order chi connectivity index (χ1) is 12.0. The SMILES string of the molecule is CN(Cc1ccccc1)C(=O)c1cc(C(=O)NC2CNC2)c[nH]c1=O. The fourth-order valence-corrected chi connectivity index (χ4v) is 2.57. The van der Waals surface area contributed by atoms with Crippen LogP contribution >= 0.6 is 0 Å². The molecule has 1 fully saturated rings. The molecule has 0 spiro atoms. The monoisotopic (exact) mass is 340 g/mol. The van der Waals surface area contributed by atoms with Crippen LogP contribution in [0.3, 0.4) is 0 Å². The Morgan fingerprint density at radius 3 is 2.60 bits per heavy atom. The normalized spacial score (nSPS) is 13.8. The van der Waals surface area contributed by atoms with Crippen molar-refractivity contribution in [2.24, 2.45) is 0 Å². The van der Waals surface area contributed by atoms with Crippen LogP contribution in [0, 0.1) is 0 Å². The third kappa shape index (κ3) is 3.95. The highest BCUT2D eigenvalue weighted by atomic mass is 16.2. The van der Waals surface area contributed by atoms with Crippen LogP contribution in [0.2, 0.25) is 0 Å². The van der Waals surface area contributed by atoms with E-state index in [4.69, 9.17) is 0 Å². The molecule has 0 unspecified atom stereocenters. The number of pyridine rings is 1. The topological polar surface area (TPSA) is 94.3 Å². The summed E-state index contributed by atoms with van der Waals surface area (Å²) >= 11 is 0. The minimum absolute atomic E-state index is 0.0437. The Morgan fingerprint density at radius 2 is 1.96 bits per heavy atom. The average Bonchev–Trinajstić information content (AvgIpc) is 2.58. The number of hydrogen-bond donors (Lipinski definition) is 3. The van der Waals surface area contributed by atoms with Gasteiger partial charge in [0, 0.05) is 32.9 Å². The van der Waals surface area contributed by atoms with E-state index in [0.29, 0.717) is 6.54 Å². The van der Waals surface area contributed by atoms with Crippen molar-refractivity contribution in [2.75, 3.05) is 20.1 Å². The van der Waals surface area contributed by atoms with Gasteiger partial charge in [-0.1, -0.05) is 30.3 Å². The number of nitrogens with zero attached hydrogens (tertiary/aromatic N) is 1. The van der Waals surface area contributed by atoms with Crippen LogP contribution in [0.5, 0.6) is 0 Å². The van der Waals surface area contributed by atoms with E-state index in [1.54, 1.807) is 7.05 Å². The molecule has 1 saturated heterocycles. The molecule has 0 aliphatic carbocycles. The van der Waals surface area contributed by atoms with Gasteiger partial charge in [-0.15, -0.1) is 0 Å². The van der Waals surface area contributed by atoms with E-state index < -0.39 is 11.5 Å². The number of rotatable bonds is 5. The molecule has 25 heavy (non-hydrogen) atoms. The molecule has 1 aliphatic heterocycles. The van der Waals surface area contributed by atoms with Crippen molar-refractivity contribution in [3.8, 4) is 0 Å². The molecular formula is C18H20N4O3. The van der Waals surface area contributed by atoms with Crippen molar-refractivity contribution in [1.29, 1.82) is 0 Å². The van der Waals surface area contributed by atoms with Gasteiger partial charge in [0.05, 0.1) is 11.6 Å². The fourth-order valence-electron chi connectivity index (χ4n) is 2.57. The molecule has 0 saturated carbocycles. The summed E-state index contributed by atoms with van der Waals surface area (Å²) in [6, 6.07) is 10.9. The summed E-state index contributed by atoms with van der Waals surface area (Å²) in [6.07, 6.45) is 1.33. The van der Waals surface area contributed by atoms with E-state index in [-0.39, 0.29) is 23.1 Å². The van der Waals surface area contributed by atoms with Gasteiger partial charge in [0.15, 0.2) is 0 Å². The Morgan fingerprint density at radius 1 is 1.24 bits per heavy atom. The number of benzene rings is 1. The predicted molar refractivity (Wildman–Crippen MR) is 93.4 cm³/mol. The van der Waals surface area contributed by atoms with Crippen molar-refractivity contribution in [2.45, 2.75) is 12.6 Å². The van der Waals surface area contributed by atoms with Crippen LogP contribution in [0.15, 0.2) is 47.4 Å². The van der Waals surface area contributed by atoms with Gasteiger partial charge >= 0.3 is 0 Å². The summed E-state index contributed by atoms with van der Waals surface area (Å²) in [4.78, 5) is 40.8. The van der Waals surface area contributed by atoms with Gasteiger partial charge in [0.1, 0.15) is 5.56 Å². The van der Waals surface area contributed by atoms with Gasteiger partial charge in [0.25, 0.3) is 17.4 Å². The fraction of sp³-hybridized carbons (Fsp3) is 0.278. The first kappa shape index (κ1) is 16.9. The number of aromatic amines is 1. The molecular weight excluding hydrogens is 320 g/mol. The van der Waals surface area contributed by atoms with Crippen molar-refractivity contribution in [3.05, 3.63) is 69.6 Å². The van der Waals surface area contributed by atoms with E-state index in [9.17, 15) is 14.4 Å². The summed E-state index contributed by atoms with van der Waals surface area (Å²) in [7, 11) is 1.63. The largest absolute Gasteiger partial charge is 0.347 e. The highest BCUT2D eigenvalue weighted by Crippen LogP contribution is 2.08. The number of nitrogens with one attached hydrogen (secondary N) is 3. The number of carbonyl (C=O) groups excluding carboxylic acids is 2. The molecule has 2 heterocycles. The highest BCUT2D eigenvalue weighted by molar-refractivity contribution is 5.99. The summed E-state index contributed by atoms with van der Waals surface area (Å²) in [5.74, 6) is -0.729. The smallest absolute Gasteiger partial charge is 0.260 e. The molecule has 7 heteroatoms. The molecule has 7 nitrogen and oxygen atoms in total. The third-order valence-corrected chi connectivity index (χ3v) is 4.12. The molecule has 3 rings (SSSR count). The van der Waals surface area contributed by atoms with Crippen molar-refractivity contribution < 1.29 is 9.59 Å². The Labute approximate surface area is 145 Å². The number of amides is 2. The minimum atomic E-state index is -0.508. The molecule has 0 bridgehead atoms.